The molecule has 36 valence electrons. The zero-order valence-corrected chi connectivity index (χ0v) is 5.01. The molecule has 6 heavy (non-hydrogen) atoms. The first kappa shape index (κ1) is 9.25. The minimum absolute atomic E-state index is 1.06. The zero-order chi connectivity index (χ0) is 5.41. The standard InChI is InChI=1S/C2H5Br.N3/c1-2-3;1-3-2/h2H2,1H3;/q;-1. The summed E-state index contributed by atoms with van der Waals surface area (Å²) in [6, 6.07) is 0. The number of hydrogen-bond acceptors (Lipinski definition) is 0. The summed E-state index contributed by atoms with van der Waals surface area (Å²) in [4.78, 5) is 1.50. The summed E-state index contributed by atoms with van der Waals surface area (Å²) in [7, 11) is 0. The number of alkyl halides is 1. The van der Waals surface area contributed by atoms with Gasteiger partial charge in [0.2, 0.25) is 0 Å². The topological polar surface area (TPSA) is 58.7 Å². The van der Waals surface area contributed by atoms with E-state index in [2.05, 4.69) is 15.9 Å². The van der Waals surface area contributed by atoms with E-state index in [0.717, 1.165) is 5.33 Å². The monoisotopic (exact) mass is 150 g/mol. The van der Waals surface area contributed by atoms with E-state index in [-0.39, 0.29) is 0 Å². The third-order valence-corrected chi connectivity index (χ3v) is 0. The van der Waals surface area contributed by atoms with E-state index in [0.29, 0.717) is 0 Å². The van der Waals surface area contributed by atoms with Gasteiger partial charge in [-0.15, -0.1) is 0 Å². The molecule has 0 fully saturated rings. The quantitative estimate of drug-likeness (QED) is 0.220. The molecule has 3 nitrogen and oxygen atoms in total. The Morgan fingerprint density at radius 2 is 1.67 bits per heavy atom. The minimum atomic E-state index is 1.06. The predicted molar refractivity (Wildman–Crippen MR) is 29.5 cm³/mol. The van der Waals surface area contributed by atoms with Crippen LogP contribution in [-0.4, -0.2) is 5.33 Å². The van der Waals surface area contributed by atoms with Crippen LogP contribution in [0, 0.1) is 0 Å². The third kappa shape index (κ3) is 669. The summed E-state index contributed by atoms with van der Waals surface area (Å²) >= 11 is 3.15. The molecule has 0 heterocycles. The van der Waals surface area contributed by atoms with Gasteiger partial charge in [0.05, 0.1) is 0 Å². The maximum absolute atomic E-state index is 6.75. The molecule has 0 bridgehead atoms. The Bertz CT molecular complexity index is 38.1. The van der Waals surface area contributed by atoms with E-state index in [1.165, 1.54) is 4.91 Å². The molecule has 4 heteroatoms. The van der Waals surface area contributed by atoms with E-state index < -0.39 is 0 Å². The summed E-state index contributed by atoms with van der Waals surface area (Å²) in [6.45, 7) is 2.04. The van der Waals surface area contributed by atoms with Crippen molar-refractivity contribution in [2.24, 2.45) is 0 Å². The molecule has 0 unspecified atom stereocenters. The lowest BCUT2D eigenvalue weighted by Gasteiger charge is -1.45. The van der Waals surface area contributed by atoms with Crippen LogP contribution in [0.15, 0.2) is 0 Å². The molecule has 0 saturated heterocycles. The van der Waals surface area contributed by atoms with Gasteiger partial charge in [0.1, 0.15) is 0 Å². The fourth-order valence-electron chi connectivity index (χ4n) is 0. The second-order valence-corrected chi connectivity index (χ2v) is 1.48. The first-order valence-corrected chi connectivity index (χ1v) is 2.50. The van der Waals surface area contributed by atoms with Crippen LogP contribution in [0.2, 0.25) is 0 Å². The Morgan fingerprint density at radius 3 is 1.67 bits per heavy atom. The van der Waals surface area contributed by atoms with E-state index >= 15 is 0 Å². The Labute approximate surface area is 44.9 Å². The van der Waals surface area contributed by atoms with Gasteiger partial charge in [0.15, 0.2) is 0 Å². The van der Waals surface area contributed by atoms with Crippen molar-refractivity contribution >= 4 is 15.9 Å². The van der Waals surface area contributed by atoms with Gasteiger partial charge in [-0.3, -0.25) is 4.91 Å². The summed E-state index contributed by atoms with van der Waals surface area (Å²) in [5, 5.41) is 1.06. The molecule has 0 aromatic rings. The number of hydrogen-bond donors (Lipinski definition) is 0. The first-order valence-electron chi connectivity index (χ1n) is 1.37. The molecule has 0 aromatic heterocycles. The van der Waals surface area contributed by atoms with Gasteiger partial charge in [0.25, 0.3) is 0 Å². The average Bonchev–Trinajstić information content (AvgIpc) is 1.39. The first-order chi connectivity index (χ1) is 2.83. The fourth-order valence-corrected chi connectivity index (χ4v) is 0. The van der Waals surface area contributed by atoms with Crippen LogP contribution in [0.25, 0.3) is 16.0 Å². The van der Waals surface area contributed by atoms with Gasteiger partial charge >= 0.3 is 0 Å². The zero-order valence-electron chi connectivity index (χ0n) is 3.43. The smallest absolute Gasteiger partial charge is 0.000281 e. The fraction of sp³-hybridized carbons (Fsp3) is 1.00. The van der Waals surface area contributed by atoms with Crippen LogP contribution in [0.4, 0.5) is 0 Å². The highest BCUT2D eigenvalue weighted by atomic mass is 79.9. The lowest BCUT2D eigenvalue weighted by molar-refractivity contribution is 1.56. The second kappa shape index (κ2) is 21.5. The van der Waals surface area contributed by atoms with E-state index in [1.54, 1.807) is 0 Å². The molecule has 0 rings (SSSR count). The number of rotatable bonds is 0. The molecule has 0 aliphatic rings. The van der Waals surface area contributed by atoms with Crippen molar-refractivity contribution in [3.8, 4) is 0 Å². The lowest BCUT2D eigenvalue weighted by atomic mass is 11.0. The lowest BCUT2D eigenvalue weighted by Crippen LogP contribution is -1.34. The summed E-state index contributed by atoms with van der Waals surface area (Å²) in [5.74, 6) is 0. The van der Waals surface area contributed by atoms with Gasteiger partial charge in [-0.05, 0) is 0 Å². The van der Waals surface area contributed by atoms with Crippen LogP contribution in [0.1, 0.15) is 6.92 Å². The van der Waals surface area contributed by atoms with Crippen LogP contribution in [0.3, 0.4) is 0 Å². The van der Waals surface area contributed by atoms with Crippen LogP contribution in [0.5, 0.6) is 0 Å². The number of nitrogens with zero attached hydrogens (tertiary/aromatic N) is 3. The normalized spacial score (nSPS) is 4.33. The van der Waals surface area contributed by atoms with Crippen molar-refractivity contribution in [1.29, 1.82) is 0 Å². The molecule has 0 radical (unpaired) electrons. The maximum Gasteiger partial charge on any atom is 0.000281 e. The van der Waals surface area contributed by atoms with Gasteiger partial charge in [-0.1, -0.05) is 22.9 Å². The highest BCUT2D eigenvalue weighted by Crippen LogP contribution is 1.67. The largest absolute Gasteiger partial charge is 0.373 e. The molecule has 0 N–H and O–H groups in total. The highest BCUT2D eigenvalue weighted by Gasteiger charge is 1.38. The molecule has 0 spiro atoms. The molecule has 0 aliphatic heterocycles. The van der Waals surface area contributed by atoms with Crippen LogP contribution < -0.4 is 0 Å². The molecule has 0 aromatic carbocycles. The van der Waals surface area contributed by atoms with Gasteiger partial charge in [0, 0.05) is 5.33 Å². The van der Waals surface area contributed by atoms with Crippen LogP contribution in [-0.2, 0) is 0 Å². The Kier molecular flexibility index (Phi) is 33.1. The van der Waals surface area contributed by atoms with Gasteiger partial charge in [-0.2, -0.15) is 0 Å². The van der Waals surface area contributed by atoms with Crippen molar-refractivity contribution in [3.05, 3.63) is 16.0 Å². The van der Waals surface area contributed by atoms with Gasteiger partial charge in [-0.25, -0.2) is 0 Å². The van der Waals surface area contributed by atoms with Crippen molar-refractivity contribution in [2.45, 2.75) is 6.92 Å². The Morgan fingerprint density at radius 1 is 1.67 bits per heavy atom. The maximum atomic E-state index is 6.75. The molecule has 0 aliphatic carbocycles. The molecule has 0 atom stereocenters. The van der Waals surface area contributed by atoms with E-state index in [9.17, 15) is 0 Å². The second-order valence-electron chi connectivity index (χ2n) is 0.357. The molecule has 0 saturated carbocycles. The Balaban J connectivity index is 0. The van der Waals surface area contributed by atoms with Crippen molar-refractivity contribution in [3.63, 3.8) is 0 Å². The molecular formula is C2H5BrN3-. The minimum Gasteiger partial charge on any atom is -0.373 e. The third-order valence-electron chi connectivity index (χ3n) is 0. The summed E-state index contributed by atoms with van der Waals surface area (Å²) < 4.78 is 0. The molecular weight excluding hydrogens is 146 g/mol. The highest BCUT2D eigenvalue weighted by molar-refractivity contribution is 9.09. The SMILES string of the molecule is CCBr.[N-]=[N+]=[N-]. The summed E-state index contributed by atoms with van der Waals surface area (Å²) in [5.41, 5.74) is 13.5. The predicted octanol–water partition coefficient (Wildman–Crippen LogP) is 2.27. The van der Waals surface area contributed by atoms with Crippen molar-refractivity contribution in [1.82, 2.24) is 0 Å². The number of halogens is 1. The van der Waals surface area contributed by atoms with Crippen LogP contribution >= 0.6 is 15.9 Å². The molecule has 0 amide bonds. The van der Waals surface area contributed by atoms with E-state index in [1.807, 2.05) is 6.92 Å². The van der Waals surface area contributed by atoms with Gasteiger partial charge < -0.3 is 11.1 Å². The Hall–Kier alpha value is -0.210. The van der Waals surface area contributed by atoms with Crippen molar-refractivity contribution in [2.75, 3.05) is 5.33 Å². The van der Waals surface area contributed by atoms with Crippen molar-refractivity contribution < 1.29 is 0 Å². The average molecular weight is 151 g/mol. The van der Waals surface area contributed by atoms with E-state index in [4.69, 9.17) is 11.1 Å². The summed E-state index contributed by atoms with van der Waals surface area (Å²) in [6.07, 6.45) is 0.